The van der Waals surface area contributed by atoms with Crippen molar-refractivity contribution in [3.8, 4) is 0 Å². The van der Waals surface area contributed by atoms with Gasteiger partial charge in [-0.2, -0.15) is 0 Å². The van der Waals surface area contributed by atoms with Crippen LogP contribution in [0.5, 0.6) is 0 Å². The number of hydrogen-bond acceptors (Lipinski definition) is 6. The standard InChI is InChI=1S/C14H20N6S2/c1-11(12-16-2-8-21-12)10-18-13(15)19-4-6-20(7-5-19)14-17-3-9-22-14/h2-3,8-9,11H,4-7,10H2,1H3,(H2,15,18). The fourth-order valence-electron chi connectivity index (χ4n) is 2.39. The average molecular weight is 336 g/mol. The van der Waals surface area contributed by atoms with Crippen LogP contribution in [0.25, 0.3) is 0 Å². The number of rotatable bonds is 4. The van der Waals surface area contributed by atoms with E-state index < -0.39 is 0 Å². The molecule has 0 bridgehead atoms. The van der Waals surface area contributed by atoms with Gasteiger partial charge in [-0.25, -0.2) is 9.97 Å². The van der Waals surface area contributed by atoms with Crippen LogP contribution in [-0.4, -0.2) is 53.6 Å². The number of aliphatic imine (C=N–C) groups is 1. The highest BCUT2D eigenvalue weighted by Crippen LogP contribution is 2.19. The molecule has 0 aliphatic carbocycles. The van der Waals surface area contributed by atoms with Crippen LogP contribution >= 0.6 is 22.7 Å². The number of hydrogen-bond donors (Lipinski definition) is 1. The van der Waals surface area contributed by atoms with E-state index in [4.69, 9.17) is 5.73 Å². The van der Waals surface area contributed by atoms with Crippen molar-refractivity contribution >= 4 is 33.8 Å². The molecule has 2 N–H and O–H groups in total. The van der Waals surface area contributed by atoms with Gasteiger partial charge in [-0.15, -0.1) is 22.7 Å². The van der Waals surface area contributed by atoms with Crippen molar-refractivity contribution in [3.63, 3.8) is 0 Å². The van der Waals surface area contributed by atoms with Gasteiger partial charge in [0.25, 0.3) is 0 Å². The second-order valence-electron chi connectivity index (χ2n) is 5.26. The van der Waals surface area contributed by atoms with Crippen LogP contribution in [0.15, 0.2) is 28.1 Å². The van der Waals surface area contributed by atoms with Crippen LogP contribution in [0.3, 0.4) is 0 Å². The predicted molar refractivity (Wildman–Crippen MR) is 92.9 cm³/mol. The number of anilines is 1. The van der Waals surface area contributed by atoms with Crippen molar-refractivity contribution < 1.29 is 0 Å². The van der Waals surface area contributed by atoms with Crippen molar-refractivity contribution in [1.82, 2.24) is 14.9 Å². The van der Waals surface area contributed by atoms with Gasteiger partial charge in [0.15, 0.2) is 11.1 Å². The first-order valence-electron chi connectivity index (χ1n) is 7.32. The molecule has 3 heterocycles. The van der Waals surface area contributed by atoms with E-state index in [1.165, 1.54) is 0 Å². The number of piperazine rings is 1. The molecule has 0 radical (unpaired) electrons. The third-order valence-corrected chi connectivity index (χ3v) is 5.53. The fourth-order valence-corrected chi connectivity index (χ4v) is 3.77. The highest BCUT2D eigenvalue weighted by atomic mass is 32.1. The maximum Gasteiger partial charge on any atom is 0.191 e. The Morgan fingerprint density at radius 1 is 1.23 bits per heavy atom. The smallest absolute Gasteiger partial charge is 0.191 e. The zero-order valence-corrected chi connectivity index (χ0v) is 14.2. The Kier molecular flexibility index (Phi) is 4.89. The molecule has 3 rings (SSSR count). The summed E-state index contributed by atoms with van der Waals surface area (Å²) in [5, 5.41) is 6.21. The van der Waals surface area contributed by atoms with E-state index in [9.17, 15) is 0 Å². The minimum absolute atomic E-state index is 0.315. The summed E-state index contributed by atoms with van der Waals surface area (Å²) in [6.07, 6.45) is 3.68. The molecular formula is C14H20N6S2. The van der Waals surface area contributed by atoms with Crippen LogP contribution in [0, 0.1) is 0 Å². The Balaban J connectivity index is 1.51. The second-order valence-corrected chi connectivity index (χ2v) is 7.06. The van der Waals surface area contributed by atoms with Crippen molar-refractivity contribution in [1.29, 1.82) is 0 Å². The highest BCUT2D eigenvalue weighted by Gasteiger charge is 2.20. The molecule has 118 valence electrons. The lowest BCUT2D eigenvalue weighted by molar-refractivity contribution is 0.380. The molecule has 0 amide bonds. The molecule has 2 aromatic rings. The summed E-state index contributed by atoms with van der Waals surface area (Å²) in [5.74, 6) is 0.956. The fraction of sp³-hybridized carbons (Fsp3) is 0.500. The Bertz CT molecular complexity index is 587. The lowest BCUT2D eigenvalue weighted by Gasteiger charge is -2.35. The van der Waals surface area contributed by atoms with Crippen LogP contribution in [0.1, 0.15) is 17.8 Å². The van der Waals surface area contributed by atoms with Gasteiger partial charge < -0.3 is 15.5 Å². The largest absolute Gasteiger partial charge is 0.370 e. The summed E-state index contributed by atoms with van der Waals surface area (Å²) < 4.78 is 0. The predicted octanol–water partition coefficient (Wildman–Crippen LogP) is 1.84. The van der Waals surface area contributed by atoms with Crippen LogP contribution in [-0.2, 0) is 0 Å². The van der Waals surface area contributed by atoms with Crippen molar-refractivity contribution in [2.45, 2.75) is 12.8 Å². The maximum atomic E-state index is 6.14. The monoisotopic (exact) mass is 336 g/mol. The zero-order chi connectivity index (χ0) is 15.4. The van der Waals surface area contributed by atoms with E-state index in [0.29, 0.717) is 18.4 Å². The van der Waals surface area contributed by atoms with E-state index in [-0.39, 0.29) is 0 Å². The van der Waals surface area contributed by atoms with Crippen LogP contribution < -0.4 is 10.6 Å². The zero-order valence-electron chi connectivity index (χ0n) is 12.6. The Morgan fingerprint density at radius 3 is 2.59 bits per heavy atom. The van der Waals surface area contributed by atoms with Gasteiger partial charge in [0.2, 0.25) is 0 Å². The number of nitrogens with two attached hydrogens (primary N) is 1. The third kappa shape index (κ3) is 3.56. The summed E-state index contributed by atoms with van der Waals surface area (Å²) in [6, 6.07) is 0. The number of thiazole rings is 2. The molecule has 2 aromatic heterocycles. The lowest BCUT2D eigenvalue weighted by Crippen LogP contribution is -2.51. The molecule has 8 heteroatoms. The molecular weight excluding hydrogens is 316 g/mol. The summed E-state index contributed by atoms with van der Waals surface area (Å²) in [6.45, 7) is 6.47. The lowest BCUT2D eigenvalue weighted by atomic mass is 10.2. The van der Waals surface area contributed by atoms with Crippen molar-refractivity contribution in [3.05, 3.63) is 28.2 Å². The van der Waals surface area contributed by atoms with Crippen LogP contribution in [0.2, 0.25) is 0 Å². The van der Waals surface area contributed by atoms with Gasteiger partial charge in [-0.3, -0.25) is 4.99 Å². The van der Waals surface area contributed by atoms with Gasteiger partial charge in [-0.1, -0.05) is 6.92 Å². The second kappa shape index (κ2) is 7.06. The molecule has 6 nitrogen and oxygen atoms in total. The number of nitrogens with zero attached hydrogens (tertiary/aromatic N) is 5. The van der Waals surface area contributed by atoms with E-state index in [1.54, 1.807) is 22.7 Å². The minimum Gasteiger partial charge on any atom is -0.370 e. The first-order chi connectivity index (χ1) is 10.7. The van der Waals surface area contributed by atoms with Gasteiger partial charge in [0.1, 0.15) is 0 Å². The Morgan fingerprint density at radius 2 is 1.95 bits per heavy atom. The summed E-state index contributed by atoms with van der Waals surface area (Å²) in [7, 11) is 0. The molecule has 22 heavy (non-hydrogen) atoms. The van der Waals surface area contributed by atoms with E-state index in [1.807, 2.05) is 23.2 Å². The van der Waals surface area contributed by atoms with Gasteiger partial charge >= 0.3 is 0 Å². The first kappa shape index (κ1) is 15.2. The quantitative estimate of drug-likeness (QED) is 0.681. The molecule has 1 unspecified atom stereocenters. The molecule has 0 saturated carbocycles. The van der Waals surface area contributed by atoms with E-state index >= 15 is 0 Å². The van der Waals surface area contributed by atoms with Gasteiger partial charge in [0.05, 0.1) is 11.6 Å². The molecule has 1 aliphatic rings. The Labute approximate surface area is 138 Å². The molecule has 0 spiro atoms. The number of aromatic nitrogens is 2. The average Bonchev–Trinajstić information content (AvgIpc) is 3.25. The molecule has 1 atom stereocenters. The van der Waals surface area contributed by atoms with E-state index in [2.05, 4.69) is 31.7 Å². The highest BCUT2D eigenvalue weighted by molar-refractivity contribution is 7.13. The molecule has 1 saturated heterocycles. The molecule has 0 aromatic carbocycles. The van der Waals surface area contributed by atoms with Gasteiger partial charge in [-0.05, 0) is 0 Å². The van der Waals surface area contributed by atoms with E-state index in [0.717, 1.165) is 36.3 Å². The Hall–Kier alpha value is -1.67. The normalized spacial score (nSPS) is 17.8. The summed E-state index contributed by atoms with van der Waals surface area (Å²) in [5.41, 5.74) is 6.14. The first-order valence-corrected chi connectivity index (χ1v) is 9.08. The van der Waals surface area contributed by atoms with Crippen LogP contribution in [0.4, 0.5) is 5.13 Å². The summed E-state index contributed by atoms with van der Waals surface area (Å²) in [4.78, 5) is 17.7. The molecule has 1 aliphatic heterocycles. The van der Waals surface area contributed by atoms with Crippen molar-refractivity contribution in [2.75, 3.05) is 37.6 Å². The topological polar surface area (TPSA) is 70.6 Å². The van der Waals surface area contributed by atoms with Gasteiger partial charge in [0, 0.05) is 55.3 Å². The minimum atomic E-state index is 0.315. The van der Waals surface area contributed by atoms with Crippen molar-refractivity contribution in [2.24, 2.45) is 10.7 Å². The SMILES string of the molecule is CC(CN=C(N)N1CCN(c2nccs2)CC1)c1nccs1. The molecule has 1 fully saturated rings. The third-order valence-electron chi connectivity index (χ3n) is 3.69. The summed E-state index contributed by atoms with van der Waals surface area (Å²) >= 11 is 3.35. The maximum absolute atomic E-state index is 6.14. The number of guanidine groups is 1.